The summed E-state index contributed by atoms with van der Waals surface area (Å²) in [7, 11) is 0. The maximum atomic E-state index is 12.0. The van der Waals surface area contributed by atoms with E-state index in [1.165, 1.54) is 0 Å². The van der Waals surface area contributed by atoms with Gasteiger partial charge in [0.2, 0.25) is 0 Å². The number of aryl methyl sites for hydroxylation is 1. The van der Waals surface area contributed by atoms with Crippen LogP contribution in [0.3, 0.4) is 0 Å². The fourth-order valence-electron chi connectivity index (χ4n) is 3.60. The Bertz CT molecular complexity index is 791. The van der Waals surface area contributed by atoms with Crippen LogP contribution in [0.15, 0.2) is 30.7 Å². The van der Waals surface area contributed by atoms with Crippen LogP contribution >= 0.6 is 0 Å². The van der Waals surface area contributed by atoms with Crippen LogP contribution in [0, 0.1) is 6.92 Å². The topological polar surface area (TPSA) is 70.4 Å². The molecule has 0 unspecified atom stereocenters. The average molecular weight is 342 g/mol. The molecule has 1 amide bonds. The van der Waals surface area contributed by atoms with Crippen LogP contribution in [0.25, 0.3) is 5.69 Å². The first kappa shape index (κ1) is 17.3. The van der Waals surface area contributed by atoms with E-state index in [2.05, 4.69) is 23.3 Å². The molecular weight excluding hydrogens is 316 g/mol. The third-order valence-corrected chi connectivity index (χ3v) is 4.62. The van der Waals surface area contributed by atoms with Gasteiger partial charge in [-0.2, -0.15) is 0 Å². The molecule has 2 heterocycles. The van der Waals surface area contributed by atoms with Crippen molar-refractivity contribution in [3.05, 3.63) is 42.0 Å². The van der Waals surface area contributed by atoms with Crippen molar-refractivity contribution in [3.63, 3.8) is 0 Å². The molecule has 2 N–H and O–H groups in total. The zero-order valence-electron chi connectivity index (χ0n) is 15.4. The molecule has 1 aromatic carbocycles. The highest BCUT2D eigenvalue weighted by Gasteiger charge is 2.38. The smallest absolute Gasteiger partial charge is 0.408 e. The van der Waals surface area contributed by atoms with Crippen molar-refractivity contribution in [2.24, 2.45) is 0 Å². The third-order valence-electron chi connectivity index (χ3n) is 4.62. The maximum absolute atomic E-state index is 12.0. The SMILES string of the molecule is Cc1cn(-c2ccc3c(c2)[C@H](N(C(=O)O)C(C)(C)C)C[C@H](C)N3)cn1. The largest absolute Gasteiger partial charge is 0.465 e. The fourth-order valence-corrected chi connectivity index (χ4v) is 3.60. The van der Waals surface area contributed by atoms with Gasteiger partial charge in [-0.15, -0.1) is 0 Å². The van der Waals surface area contributed by atoms with Crippen molar-refractivity contribution >= 4 is 11.8 Å². The van der Waals surface area contributed by atoms with Gasteiger partial charge in [0.25, 0.3) is 0 Å². The molecule has 6 nitrogen and oxygen atoms in total. The summed E-state index contributed by atoms with van der Waals surface area (Å²) < 4.78 is 1.97. The van der Waals surface area contributed by atoms with Crippen LogP contribution in [0.4, 0.5) is 10.5 Å². The van der Waals surface area contributed by atoms with E-state index in [9.17, 15) is 9.90 Å². The van der Waals surface area contributed by atoms with Crippen molar-refractivity contribution in [1.82, 2.24) is 14.5 Å². The van der Waals surface area contributed by atoms with Crippen LogP contribution < -0.4 is 5.32 Å². The van der Waals surface area contributed by atoms with Gasteiger partial charge in [0.1, 0.15) is 0 Å². The van der Waals surface area contributed by atoms with Gasteiger partial charge in [0.05, 0.1) is 18.1 Å². The lowest BCUT2D eigenvalue weighted by atomic mass is 9.89. The minimum absolute atomic E-state index is 0.187. The Balaban J connectivity index is 2.10. The Hall–Kier alpha value is -2.50. The standard InChI is InChI=1S/C19H26N4O2/c1-12-8-17(23(18(24)25)19(3,4)5)15-9-14(6-7-16(15)21-12)22-10-13(2)20-11-22/h6-7,9-12,17,21H,8H2,1-5H3,(H,24,25)/t12-,17+/m0/s1. The second kappa shape index (κ2) is 6.10. The molecule has 134 valence electrons. The Morgan fingerprint density at radius 3 is 2.68 bits per heavy atom. The van der Waals surface area contributed by atoms with Crippen molar-refractivity contribution in [2.75, 3.05) is 5.32 Å². The lowest BCUT2D eigenvalue weighted by Gasteiger charge is -2.44. The van der Waals surface area contributed by atoms with Crippen molar-refractivity contribution in [3.8, 4) is 5.69 Å². The van der Waals surface area contributed by atoms with Crippen LogP contribution in [0.5, 0.6) is 0 Å². The zero-order chi connectivity index (χ0) is 18.4. The number of anilines is 1. The molecule has 1 aromatic heterocycles. The van der Waals surface area contributed by atoms with Gasteiger partial charge < -0.3 is 15.0 Å². The molecular formula is C19H26N4O2. The van der Waals surface area contributed by atoms with Gasteiger partial charge in [-0.1, -0.05) is 0 Å². The van der Waals surface area contributed by atoms with E-state index in [0.29, 0.717) is 0 Å². The number of amides is 1. The Morgan fingerprint density at radius 1 is 1.40 bits per heavy atom. The second-order valence-electron chi connectivity index (χ2n) is 7.81. The predicted octanol–water partition coefficient (Wildman–Crippen LogP) is 4.20. The number of hydrogen-bond donors (Lipinski definition) is 2. The summed E-state index contributed by atoms with van der Waals surface area (Å²) in [6.45, 7) is 9.86. The minimum Gasteiger partial charge on any atom is -0.465 e. The minimum atomic E-state index is -0.888. The van der Waals surface area contributed by atoms with E-state index in [1.807, 2.05) is 50.6 Å². The highest BCUT2D eigenvalue weighted by Crippen LogP contribution is 2.40. The molecule has 1 aliphatic rings. The molecule has 0 fully saturated rings. The number of benzene rings is 1. The number of rotatable bonds is 2. The molecule has 0 saturated heterocycles. The maximum Gasteiger partial charge on any atom is 0.408 e. The molecule has 0 aliphatic carbocycles. The summed E-state index contributed by atoms with van der Waals surface area (Å²) in [6.07, 6.45) is 3.60. The first-order valence-electron chi connectivity index (χ1n) is 8.60. The van der Waals surface area contributed by atoms with Crippen molar-refractivity contribution in [1.29, 1.82) is 0 Å². The first-order chi connectivity index (χ1) is 11.7. The summed E-state index contributed by atoms with van der Waals surface area (Å²) in [5, 5.41) is 13.3. The number of imidazole rings is 1. The van der Waals surface area contributed by atoms with Gasteiger partial charge in [-0.05, 0) is 59.2 Å². The quantitative estimate of drug-likeness (QED) is 0.858. The second-order valence-corrected chi connectivity index (χ2v) is 7.81. The van der Waals surface area contributed by atoms with E-state index in [-0.39, 0.29) is 12.1 Å². The van der Waals surface area contributed by atoms with Gasteiger partial charge in [-0.25, -0.2) is 9.78 Å². The molecule has 3 rings (SSSR count). The molecule has 2 atom stereocenters. The van der Waals surface area contributed by atoms with Crippen molar-refractivity contribution in [2.45, 2.75) is 58.7 Å². The van der Waals surface area contributed by atoms with E-state index in [0.717, 1.165) is 29.1 Å². The molecule has 6 heteroatoms. The van der Waals surface area contributed by atoms with Gasteiger partial charge >= 0.3 is 6.09 Å². The highest BCUT2D eigenvalue weighted by molar-refractivity contribution is 5.69. The number of carbonyl (C=O) groups is 1. The Kier molecular flexibility index (Phi) is 4.22. The number of hydrogen-bond acceptors (Lipinski definition) is 3. The zero-order valence-corrected chi connectivity index (χ0v) is 15.4. The van der Waals surface area contributed by atoms with E-state index >= 15 is 0 Å². The predicted molar refractivity (Wildman–Crippen MR) is 98.4 cm³/mol. The number of nitrogens with zero attached hydrogens (tertiary/aromatic N) is 3. The molecule has 0 saturated carbocycles. The third kappa shape index (κ3) is 3.34. The monoisotopic (exact) mass is 342 g/mol. The molecule has 0 bridgehead atoms. The number of carboxylic acid groups (broad SMARTS) is 1. The van der Waals surface area contributed by atoms with Gasteiger partial charge in [0.15, 0.2) is 0 Å². The molecule has 0 radical (unpaired) electrons. The van der Waals surface area contributed by atoms with Gasteiger partial charge in [-0.3, -0.25) is 4.90 Å². The fraction of sp³-hybridized carbons (Fsp3) is 0.474. The van der Waals surface area contributed by atoms with Crippen LogP contribution in [0.2, 0.25) is 0 Å². The average Bonchev–Trinajstić information content (AvgIpc) is 2.91. The van der Waals surface area contributed by atoms with E-state index < -0.39 is 11.6 Å². The van der Waals surface area contributed by atoms with Crippen LogP contribution in [-0.2, 0) is 0 Å². The molecule has 2 aromatic rings. The lowest BCUT2D eigenvalue weighted by molar-refractivity contribution is 0.0644. The summed E-state index contributed by atoms with van der Waals surface area (Å²) in [4.78, 5) is 17.9. The number of aromatic nitrogens is 2. The summed E-state index contributed by atoms with van der Waals surface area (Å²) in [5.74, 6) is 0. The summed E-state index contributed by atoms with van der Waals surface area (Å²) in [6, 6.07) is 6.16. The summed E-state index contributed by atoms with van der Waals surface area (Å²) >= 11 is 0. The van der Waals surface area contributed by atoms with Crippen LogP contribution in [0.1, 0.15) is 51.4 Å². The van der Waals surface area contributed by atoms with Gasteiger partial charge in [0, 0.05) is 34.7 Å². The molecule has 25 heavy (non-hydrogen) atoms. The summed E-state index contributed by atoms with van der Waals surface area (Å²) in [5.41, 5.74) is 3.47. The molecule has 0 spiro atoms. The highest BCUT2D eigenvalue weighted by atomic mass is 16.4. The van der Waals surface area contributed by atoms with Crippen LogP contribution in [-0.4, -0.2) is 37.2 Å². The van der Waals surface area contributed by atoms with E-state index in [4.69, 9.17) is 0 Å². The first-order valence-corrected chi connectivity index (χ1v) is 8.60. The number of fused-ring (bicyclic) bond motifs is 1. The Labute approximate surface area is 148 Å². The number of nitrogens with one attached hydrogen (secondary N) is 1. The molecule has 1 aliphatic heterocycles. The normalized spacial score (nSPS) is 19.9. The van der Waals surface area contributed by atoms with E-state index in [1.54, 1.807) is 11.2 Å². The Morgan fingerprint density at radius 2 is 2.12 bits per heavy atom. The lowest BCUT2D eigenvalue weighted by Crippen LogP contribution is -2.49. The van der Waals surface area contributed by atoms with Crippen molar-refractivity contribution < 1.29 is 9.90 Å².